The van der Waals surface area contributed by atoms with Gasteiger partial charge >= 0.3 is 0 Å². The van der Waals surface area contributed by atoms with Crippen LogP contribution in [-0.2, 0) is 0 Å². The standard InChI is InChI=1S/C22H14FN7O/c23-13-3-11(4-14(31)5-13)15-1-2-24-22-16(15)6-19(28-22)21-17-7-18(12-8-26-27-9-12)25-10-20(17)29-30-21/h1-10,31H,(H,24,28)(H,26,27)(H,29,30). The number of aromatic amines is 3. The zero-order valence-electron chi connectivity index (χ0n) is 15.9. The van der Waals surface area contributed by atoms with E-state index in [1.165, 1.54) is 12.1 Å². The van der Waals surface area contributed by atoms with Gasteiger partial charge in [-0.3, -0.25) is 15.2 Å². The van der Waals surface area contributed by atoms with E-state index in [1.807, 2.05) is 12.1 Å². The summed E-state index contributed by atoms with van der Waals surface area (Å²) in [7, 11) is 0. The highest BCUT2D eigenvalue weighted by molar-refractivity contribution is 6.00. The van der Waals surface area contributed by atoms with Crippen LogP contribution < -0.4 is 0 Å². The number of rotatable bonds is 3. The van der Waals surface area contributed by atoms with Crippen LogP contribution in [0.4, 0.5) is 4.39 Å². The summed E-state index contributed by atoms with van der Waals surface area (Å²) in [6, 6.07) is 9.64. The molecule has 6 rings (SSSR count). The summed E-state index contributed by atoms with van der Waals surface area (Å²) in [4.78, 5) is 12.2. The number of nitrogens with one attached hydrogen (secondary N) is 3. The molecule has 6 aromatic rings. The molecule has 0 spiro atoms. The quantitative estimate of drug-likeness (QED) is 0.344. The first-order chi connectivity index (χ1) is 15.2. The van der Waals surface area contributed by atoms with Crippen molar-refractivity contribution in [3.63, 3.8) is 0 Å². The van der Waals surface area contributed by atoms with Gasteiger partial charge in [-0.05, 0) is 41.5 Å². The number of aromatic nitrogens is 7. The van der Waals surface area contributed by atoms with Crippen LogP contribution in [0.3, 0.4) is 0 Å². The highest BCUT2D eigenvalue weighted by Gasteiger charge is 2.16. The number of hydrogen-bond donors (Lipinski definition) is 4. The minimum absolute atomic E-state index is 0.131. The maximum absolute atomic E-state index is 13.9. The topological polar surface area (TPSA) is 119 Å². The van der Waals surface area contributed by atoms with Crippen LogP contribution >= 0.6 is 0 Å². The van der Waals surface area contributed by atoms with Crippen molar-refractivity contribution in [3.05, 3.63) is 67.0 Å². The molecule has 0 bridgehead atoms. The highest BCUT2D eigenvalue weighted by atomic mass is 19.1. The Morgan fingerprint density at radius 1 is 0.935 bits per heavy atom. The molecule has 8 nitrogen and oxygen atoms in total. The number of phenolic OH excluding ortho intramolecular Hbond substituents is 1. The van der Waals surface area contributed by atoms with Gasteiger partial charge in [0.25, 0.3) is 0 Å². The number of fused-ring (bicyclic) bond motifs is 2. The molecular weight excluding hydrogens is 397 g/mol. The monoisotopic (exact) mass is 411 g/mol. The molecule has 0 saturated carbocycles. The Bertz CT molecular complexity index is 1550. The van der Waals surface area contributed by atoms with Gasteiger partial charge in [-0.15, -0.1) is 0 Å². The van der Waals surface area contributed by atoms with E-state index >= 15 is 0 Å². The van der Waals surface area contributed by atoms with E-state index < -0.39 is 5.82 Å². The first-order valence-corrected chi connectivity index (χ1v) is 9.47. The minimum atomic E-state index is -0.506. The predicted molar refractivity (Wildman–Crippen MR) is 114 cm³/mol. The molecule has 4 N–H and O–H groups in total. The van der Waals surface area contributed by atoms with Crippen molar-refractivity contribution in [1.29, 1.82) is 0 Å². The van der Waals surface area contributed by atoms with E-state index in [4.69, 9.17) is 0 Å². The van der Waals surface area contributed by atoms with Crippen LogP contribution in [0, 0.1) is 5.82 Å². The van der Waals surface area contributed by atoms with Crippen LogP contribution in [0.1, 0.15) is 0 Å². The molecule has 9 heteroatoms. The lowest BCUT2D eigenvalue weighted by atomic mass is 10.0. The second kappa shape index (κ2) is 6.49. The van der Waals surface area contributed by atoms with E-state index in [2.05, 4.69) is 35.3 Å². The lowest BCUT2D eigenvalue weighted by Gasteiger charge is -2.04. The van der Waals surface area contributed by atoms with E-state index in [9.17, 15) is 9.50 Å². The summed E-state index contributed by atoms with van der Waals surface area (Å²) >= 11 is 0. The van der Waals surface area contributed by atoms with Crippen LogP contribution in [0.5, 0.6) is 5.75 Å². The summed E-state index contributed by atoms with van der Waals surface area (Å²) in [5.41, 5.74) is 5.87. The van der Waals surface area contributed by atoms with Crippen LogP contribution in [0.15, 0.2) is 61.2 Å². The van der Waals surface area contributed by atoms with E-state index in [0.29, 0.717) is 16.9 Å². The Balaban J connectivity index is 1.53. The molecule has 5 aromatic heterocycles. The SMILES string of the molecule is Oc1cc(F)cc(-c2ccnc3[nH]c(-c4n[nH]c5cnc(-c6cn[nH]c6)cc45)cc23)c1. The zero-order chi connectivity index (χ0) is 20.9. The van der Waals surface area contributed by atoms with Crippen molar-refractivity contribution in [1.82, 2.24) is 35.3 Å². The molecule has 0 aliphatic carbocycles. The number of H-pyrrole nitrogens is 3. The molecule has 31 heavy (non-hydrogen) atoms. The number of benzene rings is 1. The van der Waals surface area contributed by atoms with Gasteiger partial charge in [0.2, 0.25) is 0 Å². The number of pyridine rings is 2. The second-order valence-corrected chi connectivity index (χ2v) is 7.18. The fraction of sp³-hybridized carbons (Fsp3) is 0. The van der Waals surface area contributed by atoms with Crippen molar-refractivity contribution < 1.29 is 9.50 Å². The number of halogens is 1. The lowest BCUT2D eigenvalue weighted by Crippen LogP contribution is -1.84. The van der Waals surface area contributed by atoms with Gasteiger partial charge in [0.15, 0.2) is 0 Å². The minimum Gasteiger partial charge on any atom is -0.508 e. The highest BCUT2D eigenvalue weighted by Crippen LogP contribution is 2.35. The average Bonchev–Trinajstić information content (AvgIpc) is 3.50. The fourth-order valence-corrected chi connectivity index (χ4v) is 3.81. The number of hydrogen-bond acceptors (Lipinski definition) is 5. The molecule has 0 radical (unpaired) electrons. The molecule has 150 valence electrons. The number of aromatic hydroxyl groups is 1. The Morgan fingerprint density at radius 2 is 1.87 bits per heavy atom. The third kappa shape index (κ3) is 2.83. The molecule has 0 amide bonds. The van der Waals surface area contributed by atoms with Crippen molar-refractivity contribution >= 4 is 21.9 Å². The Kier molecular flexibility index (Phi) is 3.63. The van der Waals surface area contributed by atoms with Gasteiger partial charge in [-0.25, -0.2) is 9.37 Å². The Labute approximate surface area is 173 Å². The van der Waals surface area contributed by atoms with Crippen LogP contribution in [-0.4, -0.2) is 40.5 Å². The molecule has 0 saturated heterocycles. The molecule has 0 aliphatic rings. The molecular formula is C22H14FN7O. The zero-order valence-corrected chi connectivity index (χ0v) is 15.9. The predicted octanol–water partition coefficient (Wildman–Crippen LogP) is 4.40. The normalized spacial score (nSPS) is 11.5. The van der Waals surface area contributed by atoms with E-state index in [-0.39, 0.29) is 5.75 Å². The first-order valence-electron chi connectivity index (χ1n) is 9.47. The average molecular weight is 411 g/mol. The second-order valence-electron chi connectivity index (χ2n) is 7.18. The summed E-state index contributed by atoms with van der Waals surface area (Å²) in [6.07, 6.45) is 6.86. The molecule has 0 atom stereocenters. The van der Waals surface area contributed by atoms with Crippen LogP contribution in [0.25, 0.3) is 55.7 Å². The lowest BCUT2D eigenvalue weighted by molar-refractivity contribution is 0.469. The van der Waals surface area contributed by atoms with Gasteiger partial charge in [0.05, 0.1) is 29.3 Å². The molecule has 0 fully saturated rings. The van der Waals surface area contributed by atoms with E-state index in [1.54, 1.807) is 30.9 Å². The largest absolute Gasteiger partial charge is 0.508 e. The smallest absolute Gasteiger partial charge is 0.138 e. The number of nitrogens with zero attached hydrogens (tertiary/aromatic N) is 4. The molecule has 0 unspecified atom stereocenters. The van der Waals surface area contributed by atoms with Crippen molar-refractivity contribution in [2.45, 2.75) is 0 Å². The summed E-state index contributed by atoms with van der Waals surface area (Å²) < 4.78 is 13.9. The van der Waals surface area contributed by atoms with E-state index in [0.717, 1.165) is 44.9 Å². The Morgan fingerprint density at radius 3 is 2.71 bits per heavy atom. The Hall–Kier alpha value is -4.53. The summed E-state index contributed by atoms with van der Waals surface area (Å²) in [5, 5.41) is 25.7. The van der Waals surface area contributed by atoms with Crippen LogP contribution in [0.2, 0.25) is 0 Å². The maximum Gasteiger partial charge on any atom is 0.138 e. The van der Waals surface area contributed by atoms with Crippen molar-refractivity contribution in [2.24, 2.45) is 0 Å². The third-order valence-corrected chi connectivity index (χ3v) is 5.22. The molecule has 0 aliphatic heterocycles. The van der Waals surface area contributed by atoms with Crippen molar-refractivity contribution in [3.8, 4) is 39.5 Å². The van der Waals surface area contributed by atoms with Gasteiger partial charge in [0, 0.05) is 34.8 Å². The fourth-order valence-electron chi connectivity index (χ4n) is 3.81. The van der Waals surface area contributed by atoms with Gasteiger partial charge in [-0.1, -0.05) is 0 Å². The van der Waals surface area contributed by atoms with Gasteiger partial charge in [0.1, 0.15) is 22.9 Å². The molecule has 5 heterocycles. The number of phenols is 1. The van der Waals surface area contributed by atoms with Crippen molar-refractivity contribution in [2.75, 3.05) is 0 Å². The van der Waals surface area contributed by atoms with Gasteiger partial charge in [-0.2, -0.15) is 10.2 Å². The first kappa shape index (κ1) is 17.3. The molecule has 1 aromatic carbocycles. The summed E-state index contributed by atoms with van der Waals surface area (Å²) in [5.74, 6) is -0.637. The van der Waals surface area contributed by atoms with Gasteiger partial charge < -0.3 is 10.1 Å². The summed E-state index contributed by atoms with van der Waals surface area (Å²) in [6.45, 7) is 0. The maximum atomic E-state index is 13.9. The third-order valence-electron chi connectivity index (χ3n) is 5.22.